The number of hydrogen-bond donors (Lipinski definition) is 1. The summed E-state index contributed by atoms with van der Waals surface area (Å²) in [6.45, 7) is 9.90. The SMILES string of the molecule is COc1ccc(Cl)cc1C1(CNC(C)(C)C)CC(C)C1. The van der Waals surface area contributed by atoms with Crippen LogP contribution in [0.1, 0.15) is 46.1 Å². The van der Waals surface area contributed by atoms with E-state index in [1.807, 2.05) is 12.1 Å². The zero-order valence-electron chi connectivity index (χ0n) is 13.2. The highest BCUT2D eigenvalue weighted by molar-refractivity contribution is 6.30. The van der Waals surface area contributed by atoms with Crippen molar-refractivity contribution in [2.45, 2.75) is 51.5 Å². The van der Waals surface area contributed by atoms with Crippen LogP contribution in [0.5, 0.6) is 5.75 Å². The Hall–Kier alpha value is -0.730. The third kappa shape index (κ3) is 3.29. The van der Waals surface area contributed by atoms with Crippen molar-refractivity contribution in [2.75, 3.05) is 13.7 Å². The highest BCUT2D eigenvalue weighted by Gasteiger charge is 2.45. The summed E-state index contributed by atoms with van der Waals surface area (Å²) in [5.74, 6) is 1.72. The molecule has 0 amide bonds. The molecule has 0 heterocycles. The molecule has 2 rings (SSSR count). The average molecular weight is 296 g/mol. The van der Waals surface area contributed by atoms with Gasteiger partial charge in [0.25, 0.3) is 0 Å². The van der Waals surface area contributed by atoms with E-state index in [1.165, 1.54) is 18.4 Å². The Morgan fingerprint density at radius 3 is 2.50 bits per heavy atom. The van der Waals surface area contributed by atoms with Gasteiger partial charge in [0.15, 0.2) is 0 Å². The lowest BCUT2D eigenvalue weighted by Crippen LogP contribution is -2.52. The topological polar surface area (TPSA) is 21.3 Å². The van der Waals surface area contributed by atoms with Gasteiger partial charge in [-0.15, -0.1) is 0 Å². The van der Waals surface area contributed by atoms with Gasteiger partial charge in [0.05, 0.1) is 7.11 Å². The minimum absolute atomic E-state index is 0.123. The molecule has 1 aromatic carbocycles. The number of benzene rings is 1. The summed E-state index contributed by atoms with van der Waals surface area (Å²) in [5.41, 5.74) is 1.53. The van der Waals surface area contributed by atoms with Crippen LogP contribution >= 0.6 is 11.6 Å². The van der Waals surface area contributed by atoms with E-state index >= 15 is 0 Å². The Bertz CT molecular complexity index is 472. The second-order valence-electron chi connectivity index (χ2n) is 7.24. The van der Waals surface area contributed by atoms with Crippen LogP contribution < -0.4 is 10.1 Å². The Morgan fingerprint density at radius 1 is 1.35 bits per heavy atom. The summed E-state index contributed by atoms with van der Waals surface area (Å²) in [7, 11) is 1.74. The molecule has 0 aromatic heterocycles. The summed E-state index contributed by atoms with van der Waals surface area (Å²) in [6.07, 6.45) is 2.37. The maximum absolute atomic E-state index is 6.21. The van der Waals surface area contributed by atoms with Gasteiger partial charge in [-0.3, -0.25) is 0 Å². The van der Waals surface area contributed by atoms with E-state index < -0.39 is 0 Å². The molecule has 1 N–H and O–H groups in total. The average Bonchev–Trinajstić information content (AvgIpc) is 2.32. The van der Waals surface area contributed by atoms with Gasteiger partial charge in [0.1, 0.15) is 5.75 Å². The molecule has 0 bridgehead atoms. The zero-order chi connectivity index (χ0) is 15.0. The molecule has 1 aliphatic rings. The van der Waals surface area contributed by atoms with E-state index in [4.69, 9.17) is 16.3 Å². The summed E-state index contributed by atoms with van der Waals surface area (Å²) < 4.78 is 5.56. The quantitative estimate of drug-likeness (QED) is 0.889. The highest BCUT2D eigenvalue weighted by Crippen LogP contribution is 2.50. The van der Waals surface area contributed by atoms with Gasteiger partial charge in [0, 0.05) is 28.1 Å². The summed E-state index contributed by atoms with van der Waals surface area (Å²) >= 11 is 6.21. The molecule has 0 radical (unpaired) electrons. The number of halogens is 1. The molecule has 1 saturated carbocycles. The lowest BCUT2D eigenvalue weighted by Gasteiger charge is -2.49. The van der Waals surface area contributed by atoms with Crippen molar-refractivity contribution in [1.82, 2.24) is 5.32 Å². The van der Waals surface area contributed by atoms with Crippen LogP contribution in [-0.2, 0) is 5.41 Å². The molecule has 0 atom stereocenters. The normalized spacial score (nSPS) is 26.2. The molecule has 112 valence electrons. The van der Waals surface area contributed by atoms with Crippen molar-refractivity contribution in [3.63, 3.8) is 0 Å². The Kier molecular flexibility index (Phi) is 4.36. The number of hydrogen-bond acceptors (Lipinski definition) is 2. The first-order valence-corrected chi connectivity index (χ1v) is 7.73. The van der Waals surface area contributed by atoms with Gasteiger partial charge in [-0.2, -0.15) is 0 Å². The minimum atomic E-state index is 0.123. The van der Waals surface area contributed by atoms with E-state index in [0.29, 0.717) is 0 Å². The van der Waals surface area contributed by atoms with Gasteiger partial charge < -0.3 is 10.1 Å². The van der Waals surface area contributed by atoms with Crippen LogP contribution in [0.25, 0.3) is 0 Å². The van der Waals surface area contributed by atoms with Gasteiger partial charge in [0.2, 0.25) is 0 Å². The fourth-order valence-corrected chi connectivity index (χ4v) is 3.43. The fraction of sp³-hybridized carbons (Fsp3) is 0.647. The third-order valence-electron chi connectivity index (χ3n) is 4.17. The first kappa shape index (κ1) is 15.7. The van der Waals surface area contributed by atoms with Gasteiger partial charge in [-0.05, 0) is 57.7 Å². The maximum Gasteiger partial charge on any atom is 0.122 e. The van der Waals surface area contributed by atoms with Crippen molar-refractivity contribution < 1.29 is 4.74 Å². The Labute approximate surface area is 127 Å². The standard InChI is InChI=1S/C17H26ClNO/c1-12-9-17(10-12,11-19-16(2,3)4)14-8-13(18)6-7-15(14)20-5/h6-8,12,19H,9-11H2,1-5H3. The van der Waals surface area contributed by atoms with E-state index in [1.54, 1.807) is 7.11 Å². The van der Waals surface area contributed by atoms with Crippen molar-refractivity contribution >= 4 is 11.6 Å². The van der Waals surface area contributed by atoms with E-state index in [-0.39, 0.29) is 11.0 Å². The molecule has 0 saturated heterocycles. The predicted octanol–water partition coefficient (Wildman–Crippen LogP) is 4.40. The molecule has 3 heteroatoms. The molecule has 0 spiro atoms. The number of nitrogens with one attached hydrogen (secondary N) is 1. The lowest BCUT2D eigenvalue weighted by atomic mass is 9.58. The molecular weight excluding hydrogens is 270 g/mol. The Morgan fingerprint density at radius 2 is 2.00 bits per heavy atom. The van der Waals surface area contributed by atoms with E-state index in [2.05, 4.69) is 39.1 Å². The summed E-state index contributed by atoms with van der Waals surface area (Å²) in [5, 5.41) is 4.44. The molecule has 1 aromatic rings. The van der Waals surface area contributed by atoms with Crippen LogP contribution in [0.2, 0.25) is 5.02 Å². The van der Waals surface area contributed by atoms with Gasteiger partial charge in [-0.1, -0.05) is 18.5 Å². The molecule has 0 aliphatic heterocycles. The fourth-order valence-electron chi connectivity index (χ4n) is 3.26. The zero-order valence-corrected chi connectivity index (χ0v) is 14.0. The van der Waals surface area contributed by atoms with Crippen LogP contribution in [0.15, 0.2) is 18.2 Å². The van der Waals surface area contributed by atoms with E-state index in [9.17, 15) is 0 Å². The molecule has 1 aliphatic carbocycles. The first-order chi connectivity index (χ1) is 9.26. The summed E-state index contributed by atoms with van der Waals surface area (Å²) in [6, 6.07) is 5.97. The number of methoxy groups -OCH3 is 1. The molecule has 20 heavy (non-hydrogen) atoms. The maximum atomic E-state index is 6.21. The van der Waals surface area contributed by atoms with Crippen LogP contribution in [-0.4, -0.2) is 19.2 Å². The minimum Gasteiger partial charge on any atom is -0.496 e. The Balaban J connectivity index is 2.31. The largest absolute Gasteiger partial charge is 0.496 e. The molecule has 0 unspecified atom stereocenters. The monoisotopic (exact) mass is 295 g/mol. The van der Waals surface area contributed by atoms with Crippen molar-refractivity contribution in [3.05, 3.63) is 28.8 Å². The molecule has 2 nitrogen and oxygen atoms in total. The third-order valence-corrected chi connectivity index (χ3v) is 4.40. The molecular formula is C17H26ClNO. The smallest absolute Gasteiger partial charge is 0.122 e. The van der Waals surface area contributed by atoms with E-state index in [0.717, 1.165) is 23.2 Å². The van der Waals surface area contributed by atoms with Crippen molar-refractivity contribution in [2.24, 2.45) is 5.92 Å². The first-order valence-electron chi connectivity index (χ1n) is 7.35. The van der Waals surface area contributed by atoms with Gasteiger partial charge >= 0.3 is 0 Å². The second-order valence-corrected chi connectivity index (χ2v) is 7.68. The van der Waals surface area contributed by atoms with Crippen molar-refractivity contribution in [1.29, 1.82) is 0 Å². The van der Waals surface area contributed by atoms with Gasteiger partial charge in [-0.25, -0.2) is 0 Å². The number of rotatable bonds is 4. The number of ether oxygens (including phenoxy) is 1. The lowest BCUT2D eigenvalue weighted by molar-refractivity contribution is 0.138. The highest BCUT2D eigenvalue weighted by atomic mass is 35.5. The molecule has 1 fully saturated rings. The van der Waals surface area contributed by atoms with Crippen LogP contribution in [0, 0.1) is 5.92 Å². The predicted molar refractivity (Wildman–Crippen MR) is 85.8 cm³/mol. The van der Waals surface area contributed by atoms with Crippen molar-refractivity contribution in [3.8, 4) is 5.75 Å². The summed E-state index contributed by atoms with van der Waals surface area (Å²) in [4.78, 5) is 0. The second kappa shape index (κ2) is 5.57. The van der Waals surface area contributed by atoms with Crippen LogP contribution in [0.3, 0.4) is 0 Å². The van der Waals surface area contributed by atoms with Crippen LogP contribution in [0.4, 0.5) is 0 Å².